The molecule has 192 valence electrons. The number of amides is 2. The second-order valence-corrected chi connectivity index (χ2v) is 10.1. The van der Waals surface area contributed by atoms with Gasteiger partial charge in [-0.05, 0) is 42.7 Å². The number of aromatic nitrogens is 2. The molecule has 4 heterocycles. The summed E-state index contributed by atoms with van der Waals surface area (Å²) in [5.41, 5.74) is 3.19. The summed E-state index contributed by atoms with van der Waals surface area (Å²) in [7, 11) is 0. The SMILES string of the molecule is O=C(NCc1ccc(Cl)cc1)c1cc(O[C@H]2CCN3C(=O)OC[C@@H]3C2)c(-c2cnn3c2CCC3)cc1F. The van der Waals surface area contributed by atoms with E-state index in [1.165, 1.54) is 12.1 Å². The number of benzene rings is 2. The molecule has 0 bridgehead atoms. The summed E-state index contributed by atoms with van der Waals surface area (Å²) in [4.78, 5) is 26.6. The van der Waals surface area contributed by atoms with E-state index in [0.29, 0.717) is 42.3 Å². The van der Waals surface area contributed by atoms with Crippen molar-refractivity contribution in [2.24, 2.45) is 0 Å². The first-order valence-corrected chi connectivity index (χ1v) is 12.9. The Bertz CT molecular complexity index is 1360. The quantitative estimate of drug-likeness (QED) is 0.510. The van der Waals surface area contributed by atoms with Crippen molar-refractivity contribution >= 4 is 23.6 Å². The number of carbonyl (C=O) groups excluding carboxylic acids is 2. The van der Waals surface area contributed by atoms with Crippen LogP contribution in [-0.2, 0) is 24.2 Å². The van der Waals surface area contributed by atoms with E-state index in [-0.39, 0.29) is 30.3 Å². The van der Waals surface area contributed by atoms with E-state index in [9.17, 15) is 9.59 Å². The lowest BCUT2D eigenvalue weighted by atomic mass is 9.99. The maximum atomic E-state index is 15.4. The van der Waals surface area contributed by atoms with Gasteiger partial charge in [0.2, 0.25) is 0 Å². The van der Waals surface area contributed by atoms with E-state index in [2.05, 4.69) is 10.4 Å². The first-order chi connectivity index (χ1) is 18.0. The average Bonchev–Trinajstić information content (AvgIpc) is 3.61. The zero-order valence-corrected chi connectivity index (χ0v) is 20.8. The fraction of sp³-hybridized carbons (Fsp3) is 0.370. The number of halogens is 2. The van der Waals surface area contributed by atoms with E-state index in [1.807, 2.05) is 4.68 Å². The number of nitrogens with zero attached hydrogens (tertiary/aromatic N) is 3. The fourth-order valence-electron chi connectivity index (χ4n) is 5.35. The van der Waals surface area contributed by atoms with Gasteiger partial charge in [-0.2, -0.15) is 5.10 Å². The summed E-state index contributed by atoms with van der Waals surface area (Å²) in [5.74, 6) is -0.725. The molecule has 2 fully saturated rings. The molecule has 3 aliphatic rings. The molecule has 0 unspecified atom stereocenters. The summed E-state index contributed by atoms with van der Waals surface area (Å²) >= 11 is 5.93. The molecule has 2 amide bonds. The molecule has 2 atom stereocenters. The maximum Gasteiger partial charge on any atom is 0.410 e. The number of carbonyl (C=O) groups is 2. The maximum absolute atomic E-state index is 15.4. The van der Waals surface area contributed by atoms with Crippen molar-refractivity contribution in [3.05, 3.63) is 70.3 Å². The Hall–Kier alpha value is -3.59. The van der Waals surface area contributed by atoms with Crippen molar-refractivity contribution in [1.29, 1.82) is 0 Å². The topological polar surface area (TPSA) is 85.7 Å². The fourth-order valence-corrected chi connectivity index (χ4v) is 5.48. The van der Waals surface area contributed by atoms with Crippen LogP contribution in [0.5, 0.6) is 5.75 Å². The van der Waals surface area contributed by atoms with Crippen molar-refractivity contribution in [3.63, 3.8) is 0 Å². The third-order valence-electron chi connectivity index (χ3n) is 7.30. The number of aryl methyl sites for hydroxylation is 1. The molecular formula is C27H26ClFN4O4. The summed E-state index contributed by atoms with van der Waals surface area (Å²) < 4.78 is 28.9. The van der Waals surface area contributed by atoms with Crippen LogP contribution in [-0.4, -0.2) is 52.0 Å². The molecule has 3 aliphatic heterocycles. The molecule has 37 heavy (non-hydrogen) atoms. The minimum atomic E-state index is -0.626. The van der Waals surface area contributed by atoms with Crippen LogP contribution in [0.2, 0.25) is 5.02 Å². The molecule has 0 spiro atoms. The number of hydrogen-bond acceptors (Lipinski definition) is 5. The Labute approximate surface area is 218 Å². The molecule has 8 nitrogen and oxygen atoms in total. The molecule has 3 aromatic rings. The first-order valence-electron chi connectivity index (χ1n) is 12.5. The zero-order chi connectivity index (χ0) is 25.5. The lowest BCUT2D eigenvalue weighted by molar-refractivity contribution is 0.0915. The Morgan fingerprint density at radius 1 is 1.22 bits per heavy atom. The predicted octanol–water partition coefficient (Wildman–Crippen LogP) is 4.58. The van der Waals surface area contributed by atoms with Crippen molar-refractivity contribution in [3.8, 4) is 16.9 Å². The predicted molar refractivity (Wildman–Crippen MR) is 134 cm³/mol. The minimum absolute atomic E-state index is 0.0438. The molecule has 1 N–H and O–H groups in total. The third kappa shape index (κ3) is 4.64. The van der Waals surface area contributed by atoms with Gasteiger partial charge in [0.15, 0.2) is 0 Å². The van der Waals surface area contributed by atoms with E-state index >= 15 is 4.39 Å². The van der Waals surface area contributed by atoms with Crippen LogP contribution in [0.15, 0.2) is 42.6 Å². The van der Waals surface area contributed by atoms with Crippen LogP contribution in [0, 0.1) is 5.82 Å². The van der Waals surface area contributed by atoms with Crippen LogP contribution in [0.25, 0.3) is 11.1 Å². The second-order valence-electron chi connectivity index (χ2n) is 9.66. The van der Waals surface area contributed by atoms with Crippen molar-refractivity contribution in [1.82, 2.24) is 20.0 Å². The number of rotatable bonds is 6. The van der Waals surface area contributed by atoms with Crippen molar-refractivity contribution in [2.45, 2.75) is 50.9 Å². The molecule has 1 aromatic heterocycles. The van der Waals surface area contributed by atoms with Gasteiger partial charge < -0.3 is 19.7 Å². The Balaban J connectivity index is 1.29. The van der Waals surface area contributed by atoms with E-state index in [0.717, 1.165) is 36.2 Å². The molecule has 0 saturated carbocycles. The number of ether oxygens (including phenoxy) is 2. The van der Waals surface area contributed by atoms with Crippen LogP contribution in [0.4, 0.5) is 9.18 Å². The van der Waals surface area contributed by atoms with E-state index in [1.54, 1.807) is 35.4 Å². The summed E-state index contributed by atoms with van der Waals surface area (Å²) in [6.07, 6.45) is 4.30. The third-order valence-corrected chi connectivity index (χ3v) is 7.55. The summed E-state index contributed by atoms with van der Waals surface area (Å²) in [5, 5.41) is 7.84. The van der Waals surface area contributed by atoms with Crippen LogP contribution < -0.4 is 10.1 Å². The summed E-state index contributed by atoms with van der Waals surface area (Å²) in [6.45, 7) is 1.93. The Morgan fingerprint density at radius 3 is 2.89 bits per heavy atom. The molecule has 10 heteroatoms. The first kappa shape index (κ1) is 23.8. The zero-order valence-electron chi connectivity index (χ0n) is 20.1. The number of nitrogens with one attached hydrogen (secondary N) is 1. The van der Waals surface area contributed by atoms with Gasteiger partial charge in [0, 0.05) is 54.3 Å². The van der Waals surface area contributed by atoms with E-state index in [4.69, 9.17) is 21.1 Å². The van der Waals surface area contributed by atoms with Crippen molar-refractivity contribution < 1.29 is 23.5 Å². The number of fused-ring (bicyclic) bond motifs is 2. The molecule has 0 radical (unpaired) electrons. The highest BCUT2D eigenvalue weighted by Crippen LogP contribution is 2.38. The average molecular weight is 525 g/mol. The van der Waals surface area contributed by atoms with Gasteiger partial charge in [0.25, 0.3) is 5.91 Å². The lowest BCUT2D eigenvalue weighted by Crippen LogP contribution is -2.44. The molecule has 6 rings (SSSR count). The van der Waals surface area contributed by atoms with Gasteiger partial charge >= 0.3 is 6.09 Å². The number of cyclic esters (lactones) is 1. The molecule has 2 aromatic carbocycles. The van der Waals surface area contributed by atoms with Gasteiger partial charge in [-0.25, -0.2) is 9.18 Å². The van der Waals surface area contributed by atoms with Crippen LogP contribution in [0.1, 0.15) is 40.9 Å². The summed E-state index contributed by atoms with van der Waals surface area (Å²) in [6, 6.07) is 9.91. The standard InChI is InChI=1S/C27H26ClFN4O4/c28-17-5-3-16(4-6-17)13-30-26(34)21-12-25(37-19-7-9-32-18(10-19)15-36-27(32)35)20(11-23(21)29)22-14-31-33-8-1-2-24(22)33/h3-6,11-12,14,18-19H,1-2,7-10,13,15H2,(H,30,34)/t18-,19-/m0/s1. The minimum Gasteiger partial charge on any atom is -0.490 e. The smallest absolute Gasteiger partial charge is 0.410 e. The highest BCUT2D eigenvalue weighted by molar-refractivity contribution is 6.30. The highest BCUT2D eigenvalue weighted by Gasteiger charge is 2.39. The monoisotopic (exact) mass is 524 g/mol. The Morgan fingerprint density at radius 2 is 2.05 bits per heavy atom. The van der Waals surface area contributed by atoms with Crippen molar-refractivity contribution in [2.75, 3.05) is 13.2 Å². The van der Waals surface area contributed by atoms with E-state index < -0.39 is 11.7 Å². The highest BCUT2D eigenvalue weighted by atomic mass is 35.5. The van der Waals surface area contributed by atoms with Gasteiger partial charge in [-0.1, -0.05) is 23.7 Å². The van der Waals surface area contributed by atoms with Crippen LogP contribution >= 0.6 is 11.6 Å². The van der Waals surface area contributed by atoms with Gasteiger partial charge in [0.1, 0.15) is 24.3 Å². The van der Waals surface area contributed by atoms with Gasteiger partial charge in [0.05, 0.1) is 17.8 Å². The number of piperidine rings is 1. The molecule has 0 aliphatic carbocycles. The Kier molecular flexibility index (Phi) is 6.24. The van der Waals surface area contributed by atoms with Crippen LogP contribution in [0.3, 0.4) is 0 Å². The lowest BCUT2D eigenvalue weighted by Gasteiger charge is -2.33. The molecular weight excluding hydrogens is 499 g/mol. The number of hydrogen-bond donors (Lipinski definition) is 1. The van der Waals surface area contributed by atoms with Gasteiger partial charge in [-0.3, -0.25) is 9.48 Å². The normalized spacial score (nSPS) is 20.4. The largest absolute Gasteiger partial charge is 0.490 e. The van der Waals surface area contributed by atoms with Gasteiger partial charge in [-0.15, -0.1) is 0 Å². The molecule has 2 saturated heterocycles. The second kappa shape index (κ2) is 9.70.